The SMILES string of the molecule is O=C1NC[C@@H](C(=O)NC(c2ccc(Cl)cc2)c2cnc(C(F)(F)F)[nH]2)N1. The summed E-state index contributed by atoms with van der Waals surface area (Å²) in [5.74, 6) is -1.72. The Morgan fingerprint density at radius 3 is 2.54 bits per heavy atom. The first-order chi connectivity index (χ1) is 12.2. The predicted molar refractivity (Wildman–Crippen MR) is 85.3 cm³/mol. The molecule has 3 rings (SSSR count). The number of carbonyl (C=O) groups is 2. The lowest BCUT2D eigenvalue weighted by molar-refractivity contribution is -0.144. The van der Waals surface area contributed by atoms with Gasteiger partial charge in [0.15, 0.2) is 0 Å². The van der Waals surface area contributed by atoms with E-state index in [0.29, 0.717) is 10.6 Å². The molecule has 4 N–H and O–H groups in total. The highest BCUT2D eigenvalue weighted by atomic mass is 35.5. The number of alkyl halides is 3. The zero-order chi connectivity index (χ0) is 18.9. The van der Waals surface area contributed by atoms with Crippen LogP contribution in [0.25, 0.3) is 0 Å². The van der Waals surface area contributed by atoms with Crippen LogP contribution in [0.1, 0.15) is 23.1 Å². The number of imidazole rings is 1. The monoisotopic (exact) mass is 387 g/mol. The van der Waals surface area contributed by atoms with Crippen molar-refractivity contribution in [3.8, 4) is 0 Å². The van der Waals surface area contributed by atoms with E-state index in [1.54, 1.807) is 24.3 Å². The van der Waals surface area contributed by atoms with Crippen molar-refractivity contribution in [3.63, 3.8) is 0 Å². The van der Waals surface area contributed by atoms with Crippen molar-refractivity contribution in [3.05, 3.63) is 52.6 Å². The van der Waals surface area contributed by atoms with E-state index in [1.807, 2.05) is 0 Å². The molecule has 2 heterocycles. The number of hydrogen-bond acceptors (Lipinski definition) is 3. The Hall–Kier alpha value is -2.75. The van der Waals surface area contributed by atoms with Gasteiger partial charge in [0.2, 0.25) is 11.7 Å². The molecular formula is C15H13ClF3N5O2. The summed E-state index contributed by atoms with van der Waals surface area (Å²) in [4.78, 5) is 29.1. The first kappa shape index (κ1) is 18.1. The number of hydrogen-bond donors (Lipinski definition) is 4. The minimum atomic E-state index is -4.64. The number of nitrogens with zero attached hydrogens (tertiary/aromatic N) is 1. The fraction of sp³-hybridized carbons (Fsp3) is 0.267. The molecule has 3 amide bonds. The molecule has 26 heavy (non-hydrogen) atoms. The predicted octanol–water partition coefficient (Wildman–Crippen LogP) is 1.97. The van der Waals surface area contributed by atoms with Gasteiger partial charge in [0.1, 0.15) is 6.04 Å². The van der Waals surface area contributed by atoms with Gasteiger partial charge >= 0.3 is 12.2 Å². The van der Waals surface area contributed by atoms with Crippen LogP contribution in [0, 0.1) is 0 Å². The lowest BCUT2D eigenvalue weighted by Crippen LogP contribution is -2.44. The van der Waals surface area contributed by atoms with Gasteiger partial charge in [-0.25, -0.2) is 9.78 Å². The third-order valence-corrected chi connectivity index (χ3v) is 4.01. The van der Waals surface area contributed by atoms with Crippen molar-refractivity contribution >= 4 is 23.5 Å². The molecule has 1 aromatic heterocycles. The second-order valence-corrected chi connectivity index (χ2v) is 6.02. The van der Waals surface area contributed by atoms with Gasteiger partial charge in [0.25, 0.3) is 0 Å². The van der Waals surface area contributed by atoms with Crippen molar-refractivity contribution in [2.45, 2.75) is 18.3 Å². The minimum absolute atomic E-state index is 0.0466. The normalized spacial score (nSPS) is 18.2. The summed E-state index contributed by atoms with van der Waals surface area (Å²) >= 11 is 5.84. The summed E-state index contributed by atoms with van der Waals surface area (Å²) < 4.78 is 38.5. The zero-order valence-electron chi connectivity index (χ0n) is 13.0. The molecule has 1 saturated heterocycles. The highest BCUT2D eigenvalue weighted by Gasteiger charge is 2.36. The largest absolute Gasteiger partial charge is 0.449 e. The topological polar surface area (TPSA) is 98.9 Å². The molecule has 2 atom stereocenters. The standard InChI is InChI=1S/C15H13ClF3N5O2/c16-8-3-1-7(2-4-8)11(9-5-20-13(22-9)15(17,18)19)24-12(25)10-6-21-14(26)23-10/h1-5,10-11H,6H2,(H,20,22)(H,24,25)(H2,21,23,26)/t10-,11?/m0/s1. The number of aromatic amines is 1. The van der Waals surface area contributed by atoms with Crippen molar-refractivity contribution in [2.75, 3.05) is 6.54 Å². The van der Waals surface area contributed by atoms with E-state index in [2.05, 4.69) is 25.9 Å². The van der Waals surface area contributed by atoms with Gasteiger partial charge in [0, 0.05) is 11.6 Å². The quantitative estimate of drug-likeness (QED) is 0.645. The molecule has 1 aliphatic heterocycles. The summed E-state index contributed by atoms with van der Waals surface area (Å²) in [5.41, 5.74) is 0.544. The summed E-state index contributed by atoms with van der Waals surface area (Å²) in [6.07, 6.45) is -3.63. The Balaban J connectivity index is 1.89. The number of amides is 3. The van der Waals surface area contributed by atoms with Gasteiger partial charge < -0.3 is 20.9 Å². The third-order valence-electron chi connectivity index (χ3n) is 3.75. The van der Waals surface area contributed by atoms with Crippen LogP contribution in [0.4, 0.5) is 18.0 Å². The molecule has 1 aromatic carbocycles. The zero-order valence-corrected chi connectivity index (χ0v) is 13.8. The number of nitrogens with one attached hydrogen (secondary N) is 4. The molecular weight excluding hydrogens is 375 g/mol. The highest BCUT2D eigenvalue weighted by Crippen LogP contribution is 2.29. The summed E-state index contributed by atoms with van der Waals surface area (Å²) in [6, 6.07) is 4.00. The van der Waals surface area contributed by atoms with Crippen LogP contribution in [0.3, 0.4) is 0 Å². The van der Waals surface area contributed by atoms with Crippen LogP contribution in [0.5, 0.6) is 0 Å². The summed E-state index contributed by atoms with van der Waals surface area (Å²) in [6.45, 7) is 0.0782. The van der Waals surface area contributed by atoms with Gasteiger partial charge in [-0.15, -0.1) is 0 Å². The number of rotatable bonds is 4. The molecule has 1 unspecified atom stereocenters. The molecule has 138 valence electrons. The third kappa shape index (κ3) is 3.90. The minimum Gasteiger partial charge on any atom is -0.342 e. The van der Waals surface area contributed by atoms with E-state index in [9.17, 15) is 22.8 Å². The number of H-pyrrole nitrogens is 1. The first-order valence-corrected chi connectivity index (χ1v) is 7.84. The fourth-order valence-corrected chi connectivity index (χ4v) is 2.60. The highest BCUT2D eigenvalue weighted by molar-refractivity contribution is 6.30. The number of urea groups is 1. The van der Waals surface area contributed by atoms with Gasteiger partial charge in [-0.2, -0.15) is 13.2 Å². The number of halogens is 4. The molecule has 0 saturated carbocycles. The molecule has 1 aliphatic rings. The summed E-state index contributed by atoms with van der Waals surface area (Å²) in [5, 5.41) is 7.91. The molecule has 0 aliphatic carbocycles. The van der Waals surface area contributed by atoms with E-state index in [1.165, 1.54) is 0 Å². The van der Waals surface area contributed by atoms with Gasteiger partial charge in [0.05, 0.1) is 17.9 Å². The maximum atomic E-state index is 12.8. The van der Waals surface area contributed by atoms with Crippen LogP contribution in [0.15, 0.2) is 30.5 Å². The molecule has 11 heteroatoms. The molecule has 0 radical (unpaired) electrons. The van der Waals surface area contributed by atoms with E-state index < -0.39 is 36.0 Å². The van der Waals surface area contributed by atoms with Crippen LogP contribution >= 0.6 is 11.6 Å². The number of benzene rings is 1. The molecule has 0 bridgehead atoms. The number of aromatic nitrogens is 2. The fourth-order valence-electron chi connectivity index (χ4n) is 2.48. The van der Waals surface area contributed by atoms with Gasteiger partial charge in [-0.05, 0) is 17.7 Å². The van der Waals surface area contributed by atoms with E-state index in [0.717, 1.165) is 6.20 Å². The van der Waals surface area contributed by atoms with Gasteiger partial charge in [-0.1, -0.05) is 23.7 Å². The average molecular weight is 388 g/mol. The molecule has 2 aromatic rings. The van der Waals surface area contributed by atoms with Crippen molar-refractivity contribution in [1.82, 2.24) is 25.9 Å². The summed E-state index contributed by atoms with van der Waals surface area (Å²) in [7, 11) is 0. The van der Waals surface area contributed by atoms with Crippen LogP contribution < -0.4 is 16.0 Å². The van der Waals surface area contributed by atoms with E-state index in [4.69, 9.17) is 11.6 Å². The second kappa shape index (κ2) is 6.87. The smallest absolute Gasteiger partial charge is 0.342 e. The maximum Gasteiger partial charge on any atom is 0.449 e. The molecule has 7 nitrogen and oxygen atoms in total. The van der Waals surface area contributed by atoms with Crippen molar-refractivity contribution in [2.24, 2.45) is 0 Å². The van der Waals surface area contributed by atoms with E-state index in [-0.39, 0.29) is 12.2 Å². The number of carbonyl (C=O) groups excluding carboxylic acids is 2. The maximum absolute atomic E-state index is 12.8. The van der Waals surface area contributed by atoms with Crippen molar-refractivity contribution in [1.29, 1.82) is 0 Å². The van der Waals surface area contributed by atoms with E-state index >= 15 is 0 Å². The van der Waals surface area contributed by atoms with Crippen molar-refractivity contribution < 1.29 is 22.8 Å². The van der Waals surface area contributed by atoms with Gasteiger partial charge in [-0.3, -0.25) is 4.79 Å². The van der Waals surface area contributed by atoms with Crippen LogP contribution in [-0.4, -0.2) is 34.5 Å². The Morgan fingerprint density at radius 2 is 2.00 bits per heavy atom. The second-order valence-electron chi connectivity index (χ2n) is 5.59. The lowest BCUT2D eigenvalue weighted by atomic mass is 10.0. The molecule has 1 fully saturated rings. The first-order valence-electron chi connectivity index (χ1n) is 7.46. The average Bonchev–Trinajstić information content (AvgIpc) is 3.22. The Morgan fingerprint density at radius 1 is 1.31 bits per heavy atom. The van der Waals surface area contributed by atoms with Crippen LogP contribution in [-0.2, 0) is 11.0 Å². The lowest BCUT2D eigenvalue weighted by Gasteiger charge is -2.20. The Kier molecular flexibility index (Phi) is 4.77. The molecule has 0 spiro atoms. The Labute approximate surface area is 150 Å². The Bertz CT molecular complexity index is 821. The van der Waals surface area contributed by atoms with Crippen LogP contribution in [0.2, 0.25) is 5.02 Å².